The van der Waals surface area contributed by atoms with Crippen LogP contribution in [0.3, 0.4) is 0 Å². The molecule has 0 atom stereocenters. The number of carbonyl (C=O) groups is 1. The fraction of sp³-hybridized carbons (Fsp3) is 0. The van der Waals surface area contributed by atoms with Crippen LogP contribution in [0, 0.1) is 0 Å². The topological polar surface area (TPSA) is 62.4 Å². The first kappa shape index (κ1) is 35.2. The van der Waals surface area contributed by atoms with E-state index in [9.17, 15) is 4.79 Å². The third kappa shape index (κ3) is 5.41. The van der Waals surface area contributed by atoms with Crippen molar-refractivity contribution in [3.05, 3.63) is 201 Å². The summed E-state index contributed by atoms with van der Waals surface area (Å²) >= 11 is 0. The van der Waals surface area contributed by atoms with Crippen molar-refractivity contribution in [2.45, 2.75) is 0 Å². The van der Waals surface area contributed by atoms with Gasteiger partial charge in [-0.2, -0.15) is 0 Å². The normalized spacial score (nSPS) is 11.9. The highest BCUT2D eigenvalue weighted by atomic mass is 16.5. The van der Waals surface area contributed by atoms with Crippen LogP contribution >= 0.6 is 0 Å². The van der Waals surface area contributed by atoms with E-state index in [2.05, 4.69) is 167 Å². The molecule has 0 saturated heterocycles. The molecule has 4 heterocycles. The van der Waals surface area contributed by atoms with Crippen molar-refractivity contribution in [1.29, 1.82) is 0 Å². The third-order valence-electron chi connectivity index (χ3n) is 12.6. The molecule has 13 aromatic rings. The highest BCUT2D eigenvalue weighted by Gasteiger charge is 2.18. The average Bonchev–Trinajstić information content (AvgIpc) is 4.08. The summed E-state index contributed by atoms with van der Waals surface area (Å²) in [5, 5.41) is 8.85. The molecule has 6 heteroatoms. The quantitative estimate of drug-likeness (QED) is 0.0953. The molecule has 4 aromatic heterocycles. The summed E-state index contributed by atoms with van der Waals surface area (Å²) in [5.41, 5.74) is 14.2. The molecule has 0 unspecified atom stereocenters. The Balaban J connectivity index is 0.897. The molecule has 9 aromatic carbocycles. The largest absolute Gasteiger partial charge is 0.456 e. The summed E-state index contributed by atoms with van der Waals surface area (Å²) in [4.78, 5) is 12.1. The van der Waals surface area contributed by atoms with Crippen LogP contribution in [0.25, 0.3) is 121 Å². The lowest BCUT2D eigenvalue weighted by Crippen LogP contribution is -2.03. The summed E-state index contributed by atoms with van der Waals surface area (Å²) in [6, 6.07) is 65.7. The van der Waals surface area contributed by atoms with Crippen LogP contribution in [0.5, 0.6) is 5.75 Å². The maximum atomic E-state index is 12.1. The Bertz CT molecular complexity index is 4010. The van der Waals surface area contributed by atoms with E-state index in [-0.39, 0.29) is 0 Å². The predicted molar refractivity (Wildman–Crippen MR) is 256 cm³/mol. The second-order valence-corrected chi connectivity index (χ2v) is 16.1. The van der Waals surface area contributed by atoms with Crippen LogP contribution in [0.4, 0.5) is 0 Å². The van der Waals surface area contributed by atoms with Gasteiger partial charge in [0.05, 0.1) is 22.1 Å². The molecule has 0 radical (unpaired) electrons. The number of rotatable bonds is 6. The van der Waals surface area contributed by atoms with Gasteiger partial charge in [-0.3, -0.25) is 0 Å². The minimum absolute atomic E-state index is 0.459. The van der Waals surface area contributed by atoms with E-state index in [1.807, 2.05) is 36.4 Å². The Morgan fingerprint density at radius 3 is 1.33 bits per heavy atom. The molecule has 0 saturated carbocycles. The van der Waals surface area contributed by atoms with Gasteiger partial charge >= 0.3 is 5.97 Å². The monoisotopic (exact) mass is 810 g/mol. The molecule has 0 fully saturated rings. The number of aromatic nitrogens is 2. The summed E-state index contributed by atoms with van der Waals surface area (Å²) in [7, 11) is 0. The number of hydrogen-bond acceptors (Lipinski definition) is 4. The number of ether oxygens (including phenoxy) is 1. The first-order valence-electron chi connectivity index (χ1n) is 21.0. The molecule has 0 aliphatic carbocycles. The number of esters is 1. The van der Waals surface area contributed by atoms with Gasteiger partial charge in [0.2, 0.25) is 0 Å². The smallest absolute Gasteiger partial charge is 0.335 e. The van der Waals surface area contributed by atoms with Gasteiger partial charge in [0.25, 0.3) is 0 Å². The highest BCUT2D eigenvalue weighted by Crippen LogP contribution is 2.40. The number of benzene rings is 9. The van der Waals surface area contributed by atoms with Crippen LogP contribution in [0.15, 0.2) is 210 Å². The summed E-state index contributed by atoms with van der Waals surface area (Å²) in [5.74, 6) is -0.0383. The Kier molecular flexibility index (Phi) is 7.51. The first-order valence-corrected chi connectivity index (χ1v) is 21.0. The molecular formula is C57H34N2O4. The van der Waals surface area contributed by atoms with Gasteiger partial charge in [0.15, 0.2) is 0 Å². The molecule has 13 rings (SSSR count). The predicted octanol–water partition coefficient (Wildman–Crippen LogP) is 15.1. The number of nitrogens with zero attached hydrogens (tertiary/aromatic N) is 2. The number of furan rings is 2. The van der Waals surface area contributed by atoms with Crippen molar-refractivity contribution in [2.24, 2.45) is 0 Å². The zero-order valence-corrected chi connectivity index (χ0v) is 33.7. The minimum atomic E-state index is -0.497. The van der Waals surface area contributed by atoms with Crippen LogP contribution in [0.2, 0.25) is 0 Å². The van der Waals surface area contributed by atoms with Crippen LogP contribution < -0.4 is 4.74 Å². The minimum Gasteiger partial charge on any atom is -0.456 e. The van der Waals surface area contributed by atoms with Crippen molar-refractivity contribution < 1.29 is 18.4 Å². The van der Waals surface area contributed by atoms with E-state index < -0.39 is 5.97 Å². The molecule has 0 aliphatic rings. The fourth-order valence-electron chi connectivity index (χ4n) is 9.70. The number of para-hydroxylation sites is 3. The SMILES string of the molecule is C=CC(=O)Oc1ccc2c3ccccc3n(-c3ccc4oc5ccc(-c6cccc(-c7ccc8oc9ccc(-n%10c%11ccccc%11c%11ccccc%11%10)cc9c8c7)c6)cc5c4c3)c2c1. The Morgan fingerprint density at radius 1 is 0.397 bits per heavy atom. The summed E-state index contributed by atoms with van der Waals surface area (Å²) in [6.07, 6.45) is 1.17. The van der Waals surface area contributed by atoms with E-state index in [0.29, 0.717) is 5.75 Å². The number of hydrogen-bond donors (Lipinski definition) is 0. The molecule has 6 nitrogen and oxygen atoms in total. The van der Waals surface area contributed by atoms with E-state index in [1.165, 1.54) is 27.9 Å². The molecule has 296 valence electrons. The van der Waals surface area contributed by atoms with Gasteiger partial charge in [0.1, 0.15) is 28.1 Å². The second-order valence-electron chi connectivity index (χ2n) is 16.1. The molecule has 63 heavy (non-hydrogen) atoms. The standard InChI is InChI=1S/C57H34N2O4/c1-2-57(60)61-40-22-23-44-43-14-5-8-17-51(43)59(52(44)33-40)39-21-27-56-48(32-39)46-30-37(19-25-54(46)63-56)35-11-9-10-34(28-35)36-18-24-53-45(29-36)47-31-38(20-26-55(47)62-53)58-49-15-6-3-12-41(49)42-13-4-7-16-50(42)58/h2-33H,1H2. The number of fused-ring (bicyclic) bond motifs is 12. The van der Waals surface area contributed by atoms with E-state index >= 15 is 0 Å². The van der Waals surface area contributed by atoms with Crippen LogP contribution in [-0.2, 0) is 4.79 Å². The van der Waals surface area contributed by atoms with Gasteiger partial charge in [-0.15, -0.1) is 0 Å². The Labute approximate surface area is 359 Å². The van der Waals surface area contributed by atoms with E-state index in [1.54, 1.807) is 0 Å². The zero-order chi connectivity index (χ0) is 41.8. The summed E-state index contributed by atoms with van der Waals surface area (Å²) < 4.78 is 22.9. The van der Waals surface area contributed by atoms with Gasteiger partial charge < -0.3 is 22.7 Å². The molecule has 0 bridgehead atoms. The van der Waals surface area contributed by atoms with Crippen molar-refractivity contribution in [2.75, 3.05) is 0 Å². The summed E-state index contributed by atoms with van der Waals surface area (Å²) in [6.45, 7) is 3.56. The van der Waals surface area contributed by atoms with E-state index in [0.717, 1.165) is 99.3 Å². The lowest BCUT2D eigenvalue weighted by Gasteiger charge is -2.09. The van der Waals surface area contributed by atoms with Gasteiger partial charge in [0, 0.05) is 66.6 Å². The van der Waals surface area contributed by atoms with Crippen molar-refractivity contribution in [1.82, 2.24) is 9.13 Å². The highest BCUT2D eigenvalue weighted by molar-refractivity contribution is 6.13. The first-order chi connectivity index (χ1) is 31.1. The van der Waals surface area contributed by atoms with Gasteiger partial charge in [-0.25, -0.2) is 4.79 Å². The fourth-order valence-corrected chi connectivity index (χ4v) is 9.70. The van der Waals surface area contributed by atoms with Crippen molar-refractivity contribution in [3.8, 4) is 39.4 Å². The lowest BCUT2D eigenvalue weighted by molar-refractivity contribution is -0.128. The molecule has 0 spiro atoms. The number of carbonyl (C=O) groups excluding carboxylic acids is 1. The van der Waals surface area contributed by atoms with Crippen molar-refractivity contribution in [3.63, 3.8) is 0 Å². The molecular weight excluding hydrogens is 777 g/mol. The maximum absolute atomic E-state index is 12.1. The van der Waals surface area contributed by atoms with Gasteiger partial charge in [-0.1, -0.05) is 91.5 Å². The van der Waals surface area contributed by atoms with Crippen LogP contribution in [-0.4, -0.2) is 15.1 Å². The van der Waals surface area contributed by atoms with Crippen LogP contribution in [0.1, 0.15) is 0 Å². The van der Waals surface area contributed by atoms with E-state index in [4.69, 9.17) is 13.6 Å². The second kappa shape index (κ2) is 13.4. The van der Waals surface area contributed by atoms with Crippen molar-refractivity contribution >= 4 is 93.5 Å². The average molecular weight is 811 g/mol. The Hall–Kier alpha value is -8.61. The van der Waals surface area contributed by atoms with Gasteiger partial charge in [-0.05, 0) is 119 Å². The molecule has 0 aliphatic heterocycles. The zero-order valence-electron chi connectivity index (χ0n) is 33.7. The maximum Gasteiger partial charge on any atom is 0.335 e. The Morgan fingerprint density at radius 2 is 0.825 bits per heavy atom. The molecule has 0 N–H and O–H groups in total. The lowest BCUT2D eigenvalue weighted by atomic mass is 9.97. The third-order valence-corrected chi connectivity index (χ3v) is 12.6. The molecule has 0 amide bonds.